The van der Waals surface area contributed by atoms with Crippen LogP contribution in [0.2, 0.25) is 11.6 Å². The van der Waals surface area contributed by atoms with Crippen molar-refractivity contribution in [3.05, 3.63) is 11.8 Å². The molecule has 74 valence electrons. The molecule has 0 aromatic rings. The van der Waals surface area contributed by atoms with Gasteiger partial charge in [-0.2, -0.15) is 0 Å². The molecule has 0 aliphatic heterocycles. The van der Waals surface area contributed by atoms with Crippen molar-refractivity contribution in [2.24, 2.45) is 4.99 Å². The molecule has 0 rings (SSSR count). The lowest BCUT2D eigenvalue weighted by molar-refractivity contribution is 0.424. The fourth-order valence-electron chi connectivity index (χ4n) is 1.03. The Kier molecular flexibility index (Phi) is 7.03. The summed E-state index contributed by atoms with van der Waals surface area (Å²) < 4.78 is 5.75. The van der Waals surface area contributed by atoms with Crippen LogP contribution in [-0.2, 0) is 3.79 Å². The number of aliphatic imine (C=N–C) groups is 1. The van der Waals surface area contributed by atoms with E-state index < -0.39 is 14.5 Å². The minimum atomic E-state index is -0.950. The third-order valence-corrected chi connectivity index (χ3v) is 2.49. The summed E-state index contributed by atoms with van der Waals surface area (Å²) in [5.41, 5.74) is 1.12. The molecular weight excluding hydrogens is 177 g/mol. The normalized spacial score (nSPS) is 13.0. The van der Waals surface area contributed by atoms with E-state index in [0.29, 0.717) is 0 Å². The molecule has 0 amide bonds. The average molecular weight is 197 g/mol. The van der Waals surface area contributed by atoms with Gasteiger partial charge in [0.05, 0.1) is 5.76 Å². The Morgan fingerprint density at radius 3 is 2.23 bits per heavy atom. The SMILES string of the molecule is CCC(/C=C(/CC)[O][Al]([CH3])[CH3])=NC. The lowest BCUT2D eigenvalue weighted by atomic mass is 10.2. The average Bonchev–Trinajstić information content (AvgIpc) is 2.11. The van der Waals surface area contributed by atoms with Crippen LogP contribution >= 0.6 is 0 Å². The van der Waals surface area contributed by atoms with Crippen molar-refractivity contribution in [2.45, 2.75) is 38.3 Å². The van der Waals surface area contributed by atoms with Gasteiger partial charge in [-0.1, -0.05) is 25.4 Å². The molecule has 0 bridgehead atoms. The zero-order valence-corrected chi connectivity index (χ0v) is 10.6. The Morgan fingerprint density at radius 2 is 1.92 bits per heavy atom. The summed E-state index contributed by atoms with van der Waals surface area (Å²) in [6.07, 6.45) is 4.01. The van der Waals surface area contributed by atoms with Crippen LogP contribution in [0, 0.1) is 0 Å². The van der Waals surface area contributed by atoms with Gasteiger partial charge in [-0.25, -0.2) is 0 Å². The van der Waals surface area contributed by atoms with Gasteiger partial charge in [0.1, 0.15) is 0 Å². The maximum Gasteiger partial charge on any atom is 0.539 e. The number of allylic oxidation sites excluding steroid dienone is 2. The molecule has 0 aromatic carbocycles. The van der Waals surface area contributed by atoms with E-state index >= 15 is 0 Å². The molecule has 0 radical (unpaired) electrons. The Hall–Kier alpha value is -0.258. The zero-order chi connectivity index (χ0) is 10.3. The highest BCUT2D eigenvalue weighted by Gasteiger charge is 2.07. The molecule has 3 heteroatoms. The number of hydrogen-bond donors (Lipinski definition) is 0. The molecule has 0 atom stereocenters. The fourth-order valence-corrected chi connectivity index (χ4v) is 1.87. The molecule has 0 spiro atoms. The Balaban J connectivity index is 4.36. The van der Waals surface area contributed by atoms with Gasteiger partial charge in [0.25, 0.3) is 0 Å². The lowest BCUT2D eigenvalue weighted by Crippen LogP contribution is -2.08. The molecular formula is C10H20AlNO. The van der Waals surface area contributed by atoms with Crippen molar-refractivity contribution in [1.29, 1.82) is 0 Å². The summed E-state index contributed by atoms with van der Waals surface area (Å²) in [7, 11) is 1.83. The van der Waals surface area contributed by atoms with Gasteiger partial charge in [0, 0.05) is 12.8 Å². The van der Waals surface area contributed by atoms with E-state index in [2.05, 4.69) is 36.5 Å². The predicted octanol–water partition coefficient (Wildman–Crippen LogP) is 3.03. The van der Waals surface area contributed by atoms with Gasteiger partial charge in [-0.3, -0.25) is 4.99 Å². The first-order valence-corrected chi connectivity index (χ1v) is 7.74. The van der Waals surface area contributed by atoms with Crippen molar-refractivity contribution >= 4 is 20.2 Å². The molecule has 0 saturated heterocycles. The monoisotopic (exact) mass is 197 g/mol. The van der Waals surface area contributed by atoms with Gasteiger partial charge < -0.3 is 3.79 Å². The highest BCUT2D eigenvalue weighted by Crippen LogP contribution is 2.06. The molecule has 0 aliphatic rings. The summed E-state index contributed by atoms with van der Waals surface area (Å²) in [5.74, 6) is 5.44. The minimum Gasteiger partial charge on any atom is -0.646 e. The van der Waals surface area contributed by atoms with Crippen molar-refractivity contribution in [1.82, 2.24) is 0 Å². The first-order chi connectivity index (χ1) is 6.13. The van der Waals surface area contributed by atoms with Crippen LogP contribution in [0.3, 0.4) is 0 Å². The van der Waals surface area contributed by atoms with Crippen LogP contribution in [0.4, 0.5) is 0 Å². The predicted molar refractivity (Wildman–Crippen MR) is 60.6 cm³/mol. The van der Waals surface area contributed by atoms with Crippen LogP contribution in [0.1, 0.15) is 26.7 Å². The second-order valence-corrected chi connectivity index (χ2v) is 5.53. The fraction of sp³-hybridized carbons (Fsp3) is 0.700. The highest BCUT2D eigenvalue weighted by molar-refractivity contribution is 6.48. The number of rotatable bonds is 5. The summed E-state index contributed by atoms with van der Waals surface area (Å²) in [4.78, 5) is 4.18. The Labute approximate surface area is 86.4 Å². The van der Waals surface area contributed by atoms with Gasteiger partial charge in [0.2, 0.25) is 0 Å². The molecule has 13 heavy (non-hydrogen) atoms. The van der Waals surface area contributed by atoms with E-state index in [4.69, 9.17) is 3.79 Å². The van der Waals surface area contributed by atoms with Gasteiger partial charge in [0.15, 0.2) is 0 Å². The number of nitrogens with zero attached hydrogens (tertiary/aromatic N) is 1. The summed E-state index contributed by atoms with van der Waals surface area (Å²) in [5, 5.41) is 0. The minimum absolute atomic E-state index is 0.950. The summed E-state index contributed by atoms with van der Waals surface area (Å²) in [6.45, 7) is 4.23. The molecule has 0 saturated carbocycles. The van der Waals surface area contributed by atoms with Gasteiger partial charge in [-0.05, 0) is 18.9 Å². The first-order valence-electron chi connectivity index (χ1n) is 4.96. The third kappa shape index (κ3) is 5.90. The van der Waals surface area contributed by atoms with Crippen molar-refractivity contribution in [2.75, 3.05) is 7.05 Å². The number of hydrogen-bond acceptors (Lipinski definition) is 2. The van der Waals surface area contributed by atoms with Crippen LogP contribution in [0.15, 0.2) is 16.8 Å². The van der Waals surface area contributed by atoms with E-state index in [1.165, 1.54) is 0 Å². The first kappa shape index (κ1) is 12.7. The highest BCUT2D eigenvalue weighted by atomic mass is 27.2. The third-order valence-electron chi connectivity index (χ3n) is 1.71. The largest absolute Gasteiger partial charge is 0.646 e. The van der Waals surface area contributed by atoms with Crippen molar-refractivity contribution in [3.8, 4) is 0 Å². The van der Waals surface area contributed by atoms with Crippen LogP contribution in [-0.4, -0.2) is 27.2 Å². The zero-order valence-electron chi connectivity index (χ0n) is 9.42. The standard InChI is InChI=1S/C8H15NO.2CH3.Al/c1-4-7(9-3)6-8(10)5-2;;;/h6,10H,4-5H2,1-3H3;2*1H3;/q;;;+1/p-1/b8-6-,9-7?;;;. The van der Waals surface area contributed by atoms with E-state index in [0.717, 1.165) is 24.3 Å². The molecule has 2 nitrogen and oxygen atoms in total. The van der Waals surface area contributed by atoms with E-state index in [1.807, 2.05) is 7.05 Å². The summed E-state index contributed by atoms with van der Waals surface area (Å²) in [6, 6.07) is 0. The topological polar surface area (TPSA) is 21.6 Å². The quantitative estimate of drug-likeness (QED) is 0.377. The van der Waals surface area contributed by atoms with E-state index in [9.17, 15) is 0 Å². The second-order valence-electron chi connectivity index (χ2n) is 3.20. The molecule has 0 fully saturated rings. The maximum atomic E-state index is 5.75. The van der Waals surface area contributed by atoms with Crippen LogP contribution < -0.4 is 0 Å². The maximum absolute atomic E-state index is 5.75. The molecule has 0 aromatic heterocycles. The molecule has 0 aliphatic carbocycles. The molecule has 0 unspecified atom stereocenters. The van der Waals surface area contributed by atoms with Crippen LogP contribution in [0.25, 0.3) is 0 Å². The van der Waals surface area contributed by atoms with Gasteiger partial charge in [-0.15, -0.1) is 0 Å². The second kappa shape index (κ2) is 7.18. The Bertz CT molecular complexity index is 197. The Morgan fingerprint density at radius 1 is 1.31 bits per heavy atom. The van der Waals surface area contributed by atoms with E-state index in [-0.39, 0.29) is 0 Å². The molecule has 0 N–H and O–H groups in total. The summed E-state index contributed by atoms with van der Waals surface area (Å²) >= 11 is -0.950. The van der Waals surface area contributed by atoms with Crippen molar-refractivity contribution in [3.63, 3.8) is 0 Å². The lowest BCUT2D eigenvalue weighted by Gasteiger charge is -2.11. The van der Waals surface area contributed by atoms with Crippen LogP contribution in [0.5, 0.6) is 0 Å². The van der Waals surface area contributed by atoms with Gasteiger partial charge >= 0.3 is 14.5 Å². The van der Waals surface area contributed by atoms with E-state index in [1.54, 1.807) is 0 Å². The van der Waals surface area contributed by atoms with Crippen molar-refractivity contribution < 1.29 is 3.79 Å². The smallest absolute Gasteiger partial charge is 0.539 e. The molecule has 0 heterocycles.